The molecular weight excluding hydrogens is 427 g/mol. The number of carbonyl (C=O) groups is 1. The van der Waals surface area contributed by atoms with Crippen LogP contribution in [0, 0.1) is 6.92 Å². The fourth-order valence-corrected chi connectivity index (χ4v) is 3.35. The fraction of sp³-hybridized carbons (Fsp3) is 0.421. The third-order valence-electron chi connectivity index (χ3n) is 5.34. The predicted molar refractivity (Wildman–Crippen MR) is 110 cm³/mol. The summed E-state index contributed by atoms with van der Waals surface area (Å²) in [6, 6.07) is 0.660. The number of halogens is 3. The van der Waals surface area contributed by atoms with Crippen LogP contribution in [0.1, 0.15) is 29.6 Å². The minimum absolute atomic E-state index is 0.115. The lowest BCUT2D eigenvalue weighted by Gasteiger charge is -2.32. The van der Waals surface area contributed by atoms with Crippen LogP contribution in [0.4, 0.5) is 30.6 Å². The molecule has 0 fully saturated rings. The molecule has 13 heteroatoms. The maximum Gasteiger partial charge on any atom is 0.435 e. The number of aryl methyl sites for hydroxylation is 2. The molecule has 32 heavy (non-hydrogen) atoms. The molecule has 3 aromatic rings. The second-order valence-electron chi connectivity index (χ2n) is 7.65. The quantitative estimate of drug-likeness (QED) is 0.615. The molecule has 1 atom stereocenters. The highest BCUT2D eigenvalue weighted by atomic mass is 19.4. The smallest absolute Gasteiger partial charge is 0.350 e. The second kappa shape index (κ2) is 7.80. The molecule has 0 saturated heterocycles. The average molecular weight is 449 g/mol. The highest BCUT2D eigenvalue weighted by Gasteiger charge is 2.34. The Kier molecular flexibility index (Phi) is 5.26. The maximum absolute atomic E-state index is 12.8. The number of fused-ring (bicyclic) bond motifs is 1. The van der Waals surface area contributed by atoms with Crippen molar-refractivity contribution in [3.8, 4) is 0 Å². The van der Waals surface area contributed by atoms with Gasteiger partial charge in [-0.05, 0) is 19.9 Å². The molecule has 1 amide bonds. The lowest BCUT2D eigenvalue weighted by Crippen LogP contribution is -2.44. The molecule has 0 radical (unpaired) electrons. The first kappa shape index (κ1) is 21.6. The van der Waals surface area contributed by atoms with Gasteiger partial charge in [0.15, 0.2) is 11.5 Å². The summed E-state index contributed by atoms with van der Waals surface area (Å²) >= 11 is 0. The van der Waals surface area contributed by atoms with Gasteiger partial charge in [-0.25, -0.2) is 4.98 Å². The minimum atomic E-state index is -4.49. The highest BCUT2D eigenvalue weighted by Crippen LogP contribution is 2.32. The van der Waals surface area contributed by atoms with Gasteiger partial charge < -0.3 is 15.5 Å². The van der Waals surface area contributed by atoms with Gasteiger partial charge in [0.05, 0.1) is 24.1 Å². The number of rotatable bonds is 5. The molecule has 4 rings (SSSR count). The van der Waals surface area contributed by atoms with E-state index in [1.54, 1.807) is 38.2 Å². The summed E-state index contributed by atoms with van der Waals surface area (Å²) in [5, 5.41) is 13.7. The van der Waals surface area contributed by atoms with Crippen molar-refractivity contribution < 1.29 is 18.0 Å². The number of aromatic nitrogens is 6. The van der Waals surface area contributed by atoms with E-state index in [4.69, 9.17) is 0 Å². The molecule has 0 aliphatic carbocycles. The molecule has 2 N–H and O–H groups in total. The molecule has 10 nitrogen and oxygen atoms in total. The molecule has 0 bridgehead atoms. The summed E-state index contributed by atoms with van der Waals surface area (Å²) in [4.78, 5) is 22.7. The van der Waals surface area contributed by atoms with Gasteiger partial charge in [0.2, 0.25) is 11.9 Å². The topological polar surface area (TPSA) is 106 Å². The number of anilines is 3. The monoisotopic (exact) mass is 449 g/mol. The molecule has 1 aliphatic rings. The van der Waals surface area contributed by atoms with E-state index >= 15 is 0 Å². The van der Waals surface area contributed by atoms with Crippen LogP contribution in [0.25, 0.3) is 0 Å². The van der Waals surface area contributed by atoms with Gasteiger partial charge in [-0.3, -0.25) is 14.2 Å². The summed E-state index contributed by atoms with van der Waals surface area (Å²) in [5.41, 5.74) is 1.48. The van der Waals surface area contributed by atoms with Crippen LogP contribution in [-0.2, 0) is 31.1 Å². The average Bonchev–Trinajstić information content (AvgIpc) is 3.32. The molecule has 3 aromatic heterocycles. The standard InChI is InChI=1S/C19H22F3N9O/c1-10-15-16(29(3)11(2)17(32)26-15)27-18(25-10)23-6-12-7-24-31(8-12)9-13-5-14(19(20,21)22)28-30(13)4/h5,7-8,11H,6,9H2,1-4H3,(H,26,32)(H,23,25,27)/t11-/m0/s1. The van der Waals surface area contributed by atoms with Gasteiger partial charge in [-0.2, -0.15) is 28.4 Å². The zero-order valence-electron chi connectivity index (χ0n) is 17.9. The number of nitrogens with zero attached hydrogens (tertiary/aromatic N) is 7. The van der Waals surface area contributed by atoms with Crippen LogP contribution in [0.2, 0.25) is 0 Å². The molecule has 170 valence electrons. The Bertz CT molecular complexity index is 1170. The summed E-state index contributed by atoms with van der Waals surface area (Å²) in [6.45, 7) is 4.09. The largest absolute Gasteiger partial charge is 0.435 e. The van der Waals surface area contributed by atoms with E-state index in [-0.39, 0.29) is 18.5 Å². The van der Waals surface area contributed by atoms with Crippen LogP contribution in [-0.4, -0.2) is 48.5 Å². The van der Waals surface area contributed by atoms with Gasteiger partial charge in [0.1, 0.15) is 11.7 Å². The summed E-state index contributed by atoms with van der Waals surface area (Å²) in [6.07, 6.45) is -1.14. The van der Waals surface area contributed by atoms with Gasteiger partial charge >= 0.3 is 6.18 Å². The van der Waals surface area contributed by atoms with Crippen molar-refractivity contribution in [3.63, 3.8) is 0 Å². The Morgan fingerprint density at radius 2 is 2.00 bits per heavy atom. The van der Waals surface area contributed by atoms with Crippen molar-refractivity contribution in [2.75, 3.05) is 22.6 Å². The number of hydrogen-bond acceptors (Lipinski definition) is 7. The zero-order chi connectivity index (χ0) is 23.2. The Morgan fingerprint density at radius 1 is 1.25 bits per heavy atom. The van der Waals surface area contributed by atoms with Gasteiger partial charge in [0.25, 0.3) is 0 Å². The van der Waals surface area contributed by atoms with Gasteiger partial charge in [-0.1, -0.05) is 0 Å². The molecule has 0 saturated carbocycles. The first-order chi connectivity index (χ1) is 15.0. The van der Waals surface area contributed by atoms with Crippen molar-refractivity contribution in [2.24, 2.45) is 7.05 Å². The van der Waals surface area contributed by atoms with Crippen molar-refractivity contribution in [1.29, 1.82) is 0 Å². The maximum atomic E-state index is 12.8. The first-order valence-electron chi connectivity index (χ1n) is 9.80. The number of hydrogen-bond donors (Lipinski definition) is 2. The van der Waals surface area contributed by atoms with E-state index in [1.165, 1.54) is 16.4 Å². The summed E-state index contributed by atoms with van der Waals surface area (Å²) in [5.74, 6) is 0.903. The Balaban J connectivity index is 1.45. The predicted octanol–water partition coefficient (Wildman–Crippen LogP) is 2.17. The van der Waals surface area contributed by atoms with Gasteiger partial charge in [0, 0.05) is 32.4 Å². The number of likely N-dealkylation sites (N-methyl/N-ethyl adjacent to an activating group) is 1. The number of nitrogens with one attached hydrogen (secondary N) is 2. The molecule has 0 spiro atoms. The zero-order valence-corrected chi connectivity index (χ0v) is 17.9. The third-order valence-corrected chi connectivity index (χ3v) is 5.34. The number of amides is 1. The van der Waals surface area contributed by atoms with Crippen molar-refractivity contribution >= 4 is 23.4 Å². The van der Waals surface area contributed by atoms with Crippen molar-refractivity contribution in [2.45, 2.75) is 39.2 Å². The van der Waals surface area contributed by atoms with Crippen LogP contribution in [0.5, 0.6) is 0 Å². The minimum Gasteiger partial charge on any atom is -0.350 e. The third kappa shape index (κ3) is 4.09. The lowest BCUT2D eigenvalue weighted by atomic mass is 10.2. The van der Waals surface area contributed by atoms with E-state index in [0.717, 1.165) is 11.6 Å². The normalized spacial score (nSPS) is 16.2. The van der Waals surface area contributed by atoms with E-state index in [1.807, 2.05) is 0 Å². The van der Waals surface area contributed by atoms with Crippen molar-refractivity contribution in [1.82, 2.24) is 29.5 Å². The van der Waals surface area contributed by atoms with E-state index in [2.05, 4.69) is 30.8 Å². The number of alkyl halides is 3. The van der Waals surface area contributed by atoms with E-state index in [0.29, 0.717) is 35.4 Å². The van der Waals surface area contributed by atoms with Gasteiger partial charge in [-0.15, -0.1) is 0 Å². The highest BCUT2D eigenvalue weighted by molar-refractivity contribution is 6.03. The van der Waals surface area contributed by atoms with Crippen molar-refractivity contribution in [3.05, 3.63) is 41.1 Å². The Hall–Kier alpha value is -3.64. The Morgan fingerprint density at radius 3 is 2.69 bits per heavy atom. The summed E-state index contributed by atoms with van der Waals surface area (Å²) < 4.78 is 41.3. The van der Waals surface area contributed by atoms with Crippen LogP contribution in [0.3, 0.4) is 0 Å². The van der Waals surface area contributed by atoms with Crippen LogP contribution in [0.15, 0.2) is 18.5 Å². The SMILES string of the molecule is Cc1nc(NCc2cnn(Cc3cc(C(F)(F)F)nn3C)c2)nc2c1NC(=O)[C@H](C)N2C. The molecule has 4 heterocycles. The molecule has 0 unspecified atom stereocenters. The second-order valence-corrected chi connectivity index (χ2v) is 7.65. The molecular formula is C19H22F3N9O. The van der Waals surface area contributed by atoms with Crippen LogP contribution < -0.4 is 15.5 Å². The van der Waals surface area contributed by atoms with E-state index < -0.39 is 11.9 Å². The lowest BCUT2D eigenvalue weighted by molar-refractivity contribution is -0.141. The Labute approximate surface area is 181 Å². The van der Waals surface area contributed by atoms with E-state index in [9.17, 15) is 18.0 Å². The molecule has 0 aromatic carbocycles. The van der Waals surface area contributed by atoms with Crippen LogP contribution >= 0.6 is 0 Å². The molecule has 1 aliphatic heterocycles. The fourth-order valence-electron chi connectivity index (χ4n) is 3.35. The summed E-state index contributed by atoms with van der Waals surface area (Å²) in [7, 11) is 3.26. The first-order valence-corrected chi connectivity index (χ1v) is 9.80. The number of carbonyl (C=O) groups excluding carboxylic acids is 1.